The van der Waals surface area contributed by atoms with Gasteiger partial charge in [-0.05, 0) is 37.0 Å². The second kappa shape index (κ2) is 8.05. The molecule has 10 heteroatoms. The van der Waals surface area contributed by atoms with Gasteiger partial charge in [-0.25, -0.2) is 13.6 Å². The van der Waals surface area contributed by atoms with E-state index in [0.29, 0.717) is 25.1 Å². The average molecular weight is 469 g/mol. The highest BCUT2D eigenvalue weighted by Crippen LogP contribution is 2.45. The minimum absolute atomic E-state index is 0.0147. The number of aryl methyl sites for hydroxylation is 1. The second-order valence-corrected chi connectivity index (χ2v) is 9.10. The Morgan fingerprint density at radius 3 is 2.71 bits per heavy atom. The molecule has 3 aromatic rings. The van der Waals surface area contributed by atoms with Gasteiger partial charge < -0.3 is 26.0 Å². The molecule has 0 radical (unpaired) electrons. The van der Waals surface area contributed by atoms with Gasteiger partial charge in [0.15, 0.2) is 5.82 Å². The first-order chi connectivity index (χ1) is 16.2. The zero-order valence-corrected chi connectivity index (χ0v) is 18.5. The van der Waals surface area contributed by atoms with Crippen molar-refractivity contribution < 1.29 is 18.7 Å². The number of aromatic carboxylic acids is 1. The molecule has 2 fully saturated rings. The highest BCUT2D eigenvalue weighted by atomic mass is 19.1. The summed E-state index contributed by atoms with van der Waals surface area (Å²) in [5.41, 5.74) is 12.3. The highest BCUT2D eigenvalue weighted by molar-refractivity contribution is 6.01. The molecule has 0 bridgehead atoms. The van der Waals surface area contributed by atoms with Crippen molar-refractivity contribution in [2.45, 2.75) is 38.0 Å². The lowest BCUT2D eigenvalue weighted by Gasteiger charge is -2.26. The predicted octanol–water partition coefficient (Wildman–Crippen LogP) is 2.93. The number of carboxylic acid groups (broad SMARTS) is 1. The lowest BCUT2D eigenvalue weighted by Crippen LogP contribution is -2.28. The van der Waals surface area contributed by atoms with Crippen LogP contribution in [0.3, 0.4) is 0 Å². The molecule has 5 N–H and O–H groups in total. The average Bonchev–Trinajstić information content (AvgIpc) is 3.35. The van der Waals surface area contributed by atoms with Crippen LogP contribution in [-0.4, -0.2) is 39.9 Å². The molecule has 5 rings (SSSR count). The van der Waals surface area contributed by atoms with Gasteiger partial charge in [-0.2, -0.15) is 0 Å². The van der Waals surface area contributed by atoms with E-state index in [4.69, 9.17) is 11.5 Å². The Labute approximate surface area is 193 Å². The Morgan fingerprint density at radius 2 is 2.09 bits per heavy atom. The lowest BCUT2D eigenvalue weighted by molar-refractivity contribution is 0.0694. The maximum Gasteiger partial charge on any atom is 0.341 e. The molecule has 2 aliphatic rings. The van der Waals surface area contributed by atoms with E-state index >= 15 is 4.39 Å². The topological polar surface area (TPSA) is 127 Å². The van der Waals surface area contributed by atoms with Crippen LogP contribution in [0.4, 0.5) is 20.2 Å². The summed E-state index contributed by atoms with van der Waals surface area (Å²) in [4.78, 5) is 30.8. The van der Waals surface area contributed by atoms with Gasteiger partial charge in [0.1, 0.15) is 11.7 Å². The molecule has 1 aliphatic carbocycles. The fourth-order valence-electron chi connectivity index (χ4n) is 5.11. The van der Waals surface area contributed by atoms with E-state index < -0.39 is 40.7 Å². The van der Waals surface area contributed by atoms with Gasteiger partial charge in [0.25, 0.3) is 0 Å². The maximum atomic E-state index is 15.7. The first-order valence-corrected chi connectivity index (χ1v) is 11.2. The highest BCUT2D eigenvalue weighted by Gasteiger charge is 2.41. The van der Waals surface area contributed by atoms with Crippen LogP contribution in [0, 0.1) is 18.7 Å². The largest absolute Gasteiger partial charge is 0.477 e. The van der Waals surface area contributed by atoms with E-state index in [1.54, 1.807) is 13.1 Å². The SMILES string of the molecule is Cc1c(N2CCC([C@@H](N)c3ccccn3)C2)c(F)c(N)c2c(=O)c(C(=O)O)cn([C@@H]3C[C@@H]3F)c12. The summed E-state index contributed by atoms with van der Waals surface area (Å²) in [6.45, 7) is 2.62. The minimum atomic E-state index is -1.47. The second-order valence-electron chi connectivity index (χ2n) is 9.10. The first-order valence-electron chi connectivity index (χ1n) is 11.2. The van der Waals surface area contributed by atoms with Gasteiger partial charge in [0.05, 0.1) is 40.1 Å². The Morgan fingerprint density at radius 1 is 1.35 bits per heavy atom. The third-order valence-corrected chi connectivity index (χ3v) is 7.01. The first kappa shape index (κ1) is 22.3. The zero-order valence-electron chi connectivity index (χ0n) is 18.5. The van der Waals surface area contributed by atoms with Gasteiger partial charge in [0, 0.05) is 31.9 Å². The molecule has 2 aromatic heterocycles. The van der Waals surface area contributed by atoms with Gasteiger partial charge in [-0.3, -0.25) is 9.78 Å². The van der Waals surface area contributed by atoms with Crippen LogP contribution < -0.4 is 21.8 Å². The number of halogens is 2. The number of anilines is 2. The Balaban J connectivity index is 1.63. The molecule has 1 unspecified atom stereocenters. The molecule has 1 aromatic carbocycles. The molecule has 34 heavy (non-hydrogen) atoms. The predicted molar refractivity (Wildman–Crippen MR) is 124 cm³/mol. The number of hydrogen-bond donors (Lipinski definition) is 3. The molecular weight excluding hydrogens is 444 g/mol. The van der Waals surface area contributed by atoms with Crippen LogP contribution in [0.5, 0.6) is 0 Å². The lowest BCUT2D eigenvalue weighted by atomic mass is 9.96. The smallest absolute Gasteiger partial charge is 0.341 e. The summed E-state index contributed by atoms with van der Waals surface area (Å²) < 4.78 is 31.1. The molecule has 1 saturated carbocycles. The number of alkyl halides is 1. The summed E-state index contributed by atoms with van der Waals surface area (Å²) in [5, 5.41) is 9.26. The number of fused-ring (bicyclic) bond motifs is 1. The number of hydrogen-bond acceptors (Lipinski definition) is 6. The summed E-state index contributed by atoms with van der Waals surface area (Å²) in [7, 11) is 0. The van der Waals surface area contributed by atoms with E-state index in [-0.39, 0.29) is 35.0 Å². The van der Waals surface area contributed by atoms with Crippen LogP contribution in [0.25, 0.3) is 10.9 Å². The van der Waals surface area contributed by atoms with E-state index in [1.807, 2.05) is 23.1 Å². The van der Waals surface area contributed by atoms with E-state index in [9.17, 15) is 19.1 Å². The molecular formula is C24H25F2N5O3. The fraction of sp³-hybridized carbons (Fsp3) is 0.375. The fourth-order valence-corrected chi connectivity index (χ4v) is 5.11. The minimum Gasteiger partial charge on any atom is -0.477 e. The van der Waals surface area contributed by atoms with Crippen LogP contribution in [0.1, 0.15) is 46.5 Å². The van der Waals surface area contributed by atoms with Crippen molar-refractivity contribution in [3.05, 3.63) is 63.5 Å². The molecule has 0 spiro atoms. The normalized spacial score (nSPS) is 22.8. The van der Waals surface area contributed by atoms with Crippen molar-refractivity contribution in [2.24, 2.45) is 11.7 Å². The number of aromatic nitrogens is 2. The number of carbonyl (C=O) groups is 1. The third kappa shape index (κ3) is 3.40. The standard InChI is InChI=1S/C24H25F2N5O3/c1-11-21-17(23(32)13(24(33)34)10-31(21)16-8-14(16)25)20(28)18(26)22(11)30-7-5-12(9-30)19(27)15-4-2-3-6-29-15/h2-4,6,10,12,14,16,19H,5,7-9,27-28H2,1H3,(H,33,34)/t12?,14-,16+,19+/m0/s1. The Kier molecular flexibility index (Phi) is 5.27. The van der Waals surface area contributed by atoms with Crippen molar-refractivity contribution in [3.63, 3.8) is 0 Å². The van der Waals surface area contributed by atoms with Crippen molar-refractivity contribution in [1.29, 1.82) is 0 Å². The van der Waals surface area contributed by atoms with Gasteiger partial charge in [-0.15, -0.1) is 0 Å². The molecule has 1 aliphatic heterocycles. The van der Waals surface area contributed by atoms with Crippen LogP contribution in [-0.2, 0) is 0 Å². The maximum absolute atomic E-state index is 15.7. The summed E-state index contributed by atoms with van der Waals surface area (Å²) in [6, 6.07) is 4.58. The van der Waals surface area contributed by atoms with Gasteiger partial charge >= 0.3 is 5.97 Å². The number of benzene rings is 1. The summed E-state index contributed by atoms with van der Waals surface area (Å²) in [6.07, 6.45) is 2.54. The monoisotopic (exact) mass is 469 g/mol. The summed E-state index contributed by atoms with van der Waals surface area (Å²) in [5.74, 6) is -2.24. The molecule has 178 valence electrons. The van der Waals surface area contributed by atoms with E-state index in [2.05, 4.69) is 4.98 Å². The number of carboxylic acids is 1. The van der Waals surface area contributed by atoms with Crippen molar-refractivity contribution in [3.8, 4) is 0 Å². The molecule has 4 atom stereocenters. The number of nitrogens with zero attached hydrogens (tertiary/aromatic N) is 3. The zero-order chi connectivity index (χ0) is 24.3. The van der Waals surface area contributed by atoms with Crippen LogP contribution in [0.15, 0.2) is 35.4 Å². The molecule has 3 heterocycles. The van der Waals surface area contributed by atoms with Gasteiger partial charge in [-0.1, -0.05) is 6.07 Å². The quantitative estimate of drug-likeness (QED) is 0.490. The number of rotatable bonds is 5. The van der Waals surface area contributed by atoms with Crippen LogP contribution in [0.2, 0.25) is 0 Å². The molecule has 0 amide bonds. The number of nitrogens with two attached hydrogens (primary N) is 2. The Hall–Kier alpha value is -3.53. The van der Waals surface area contributed by atoms with E-state index in [0.717, 1.165) is 11.9 Å². The van der Waals surface area contributed by atoms with E-state index in [1.165, 1.54) is 4.57 Å². The van der Waals surface area contributed by atoms with Crippen molar-refractivity contribution in [1.82, 2.24) is 9.55 Å². The summed E-state index contributed by atoms with van der Waals surface area (Å²) >= 11 is 0. The molecule has 8 nitrogen and oxygen atoms in total. The molecule has 1 saturated heterocycles. The van der Waals surface area contributed by atoms with Crippen LogP contribution >= 0.6 is 0 Å². The third-order valence-electron chi connectivity index (χ3n) is 7.01. The van der Waals surface area contributed by atoms with Gasteiger partial charge in [0.2, 0.25) is 5.43 Å². The number of pyridine rings is 2. The Bertz CT molecular complexity index is 1360. The van der Waals surface area contributed by atoms with Crippen molar-refractivity contribution >= 4 is 28.2 Å². The van der Waals surface area contributed by atoms with Crippen molar-refractivity contribution in [2.75, 3.05) is 23.7 Å². The number of nitrogen functional groups attached to an aromatic ring is 1.